The van der Waals surface area contributed by atoms with Gasteiger partial charge in [0.2, 0.25) is 11.8 Å². The van der Waals surface area contributed by atoms with Crippen LogP contribution in [0.1, 0.15) is 56.9 Å². The summed E-state index contributed by atoms with van der Waals surface area (Å²) in [5.41, 5.74) is 1.10. The fourth-order valence-corrected chi connectivity index (χ4v) is 4.38. The molecular weight excluding hydrogens is 340 g/mol. The first-order chi connectivity index (χ1) is 13.2. The van der Waals surface area contributed by atoms with Crippen LogP contribution in [0.3, 0.4) is 0 Å². The van der Waals surface area contributed by atoms with Crippen LogP contribution in [-0.4, -0.2) is 31.5 Å². The summed E-state index contributed by atoms with van der Waals surface area (Å²) in [6, 6.07) is 8.28. The summed E-state index contributed by atoms with van der Waals surface area (Å²) in [5, 5.41) is 6.26. The van der Waals surface area contributed by atoms with Crippen molar-refractivity contribution in [2.45, 2.75) is 63.8 Å². The van der Waals surface area contributed by atoms with Crippen molar-refractivity contribution in [3.63, 3.8) is 0 Å². The molecule has 0 unspecified atom stereocenters. The average molecular weight is 373 g/mol. The van der Waals surface area contributed by atoms with Gasteiger partial charge in [0.25, 0.3) is 0 Å². The van der Waals surface area contributed by atoms with Crippen molar-refractivity contribution in [1.82, 2.24) is 10.6 Å². The molecule has 0 radical (unpaired) electrons. The van der Waals surface area contributed by atoms with Gasteiger partial charge in [0.15, 0.2) is 0 Å². The first-order valence-corrected chi connectivity index (χ1v) is 10.4. The maximum absolute atomic E-state index is 12.5. The van der Waals surface area contributed by atoms with Crippen LogP contribution < -0.4 is 15.4 Å². The second kappa shape index (κ2) is 9.77. The molecule has 2 aliphatic rings. The van der Waals surface area contributed by atoms with Crippen molar-refractivity contribution < 1.29 is 14.3 Å². The summed E-state index contributed by atoms with van der Waals surface area (Å²) < 4.78 is 5.35. The van der Waals surface area contributed by atoms with E-state index in [-0.39, 0.29) is 23.7 Å². The summed E-state index contributed by atoms with van der Waals surface area (Å²) in [7, 11) is 1.67. The third kappa shape index (κ3) is 5.47. The summed E-state index contributed by atoms with van der Waals surface area (Å²) in [6.45, 7) is 0.612. The largest absolute Gasteiger partial charge is 0.496 e. The Labute approximate surface area is 162 Å². The van der Waals surface area contributed by atoms with Gasteiger partial charge < -0.3 is 15.4 Å². The van der Waals surface area contributed by atoms with Gasteiger partial charge in [-0.2, -0.15) is 0 Å². The number of hydrogen-bond acceptors (Lipinski definition) is 3. The SMILES string of the molecule is COc1ccccc1CCNC(=O)C1CCC(C(=O)NC2CCCC2)CC1. The highest BCUT2D eigenvalue weighted by molar-refractivity contribution is 5.81. The zero-order chi connectivity index (χ0) is 19.1. The van der Waals surface area contributed by atoms with Crippen LogP contribution in [0.4, 0.5) is 0 Å². The van der Waals surface area contributed by atoms with Crippen LogP contribution in [-0.2, 0) is 16.0 Å². The van der Waals surface area contributed by atoms with Gasteiger partial charge in [0, 0.05) is 24.4 Å². The Bertz CT molecular complexity index is 632. The minimum atomic E-state index is 0.0400. The van der Waals surface area contributed by atoms with Gasteiger partial charge in [-0.3, -0.25) is 9.59 Å². The summed E-state index contributed by atoms with van der Waals surface area (Å²) in [5.74, 6) is 1.32. The van der Waals surface area contributed by atoms with E-state index in [2.05, 4.69) is 10.6 Å². The van der Waals surface area contributed by atoms with Gasteiger partial charge in [0.1, 0.15) is 5.75 Å². The zero-order valence-electron chi connectivity index (χ0n) is 16.3. The molecule has 3 rings (SSSR count). The van der Waals surface area contributed by atoms with Crippen LogP contribution in [0.25, 0.3) is 0 Å². The molecule has 1 aromatic rings. The van der Waals surface area contributed by atoms with E-state index < -0.39 is 0 Å². The normalized spacial score (nSPS) is 23.0. The Morgan fingerprint density at radius 1 is 0.963 bits per heavy atom. The number of hydrogen-bond donors (Lipinski definition) is 2. The number of carbonyl (C=O) groups is 2. The molecule has 2 saturated carbocycles. The first kappa shape index (κ1) is 19.7. The maximum atomic E-state index is 12.5. The number of para-hydroxylation sites is 1. The zero-order valence-corrected chi connectivity index (χ0v) is 16.3. The molecule has 2 amide bonds. The predicted octanol–water partition coefficient (Wildman–Crippen LogP) is 3.22. The highest BCUT2D eigenvalue weighted by Crippen LogP contribution is 2.30. The molecule has 5 heteroatoms. The van der Waals surface area contributed by atoms with Crippen molar-refractivity contribution in [3.05, 3.63) is 29.8 Å². The summed E-state index contributed by atoms with van der Waals surface area (Å²) in [6.07, 6.45) is 8.72. The van der Waals surface area contributed by atoms with Gasteiger partial charge in [-0.05, 0) is 56.6 Å². The van der Waals surface area contributed by atoms with Gasteiger partial charge in [-0.15, -0.1) is 0 Å². The molecule has 0 atom stereocenters. The van der Waals surface area contributed by atoms with Crippen molar-refractivity contribution in [3.8, 4) is 5.75 Å². The quantitative estimate of drug-likeness (QED) is 0.772. The number of amides is 2. The predicted molar refractivity (Wildman–Crippen MR) is 106 cm³/mol. The molecule has 1 aromatic carbocycles. The third-order valence-electron chi connectivity index (χ3n) is 6.06. The van der Waals surface area contributed by atoms with E-state index in [1.165, 1.54) is 12.8 Å². The molecule has 2 aliphatic carbocycles. The Kier molecular flexibility index (Phi) is 7.13. The fourth-order valence-electron chi connectivity index (χ4n) is 4.38. The molecule has 27 heavy (non-hydrogen) atoms. The minimum Gasteiger partial charge on any atom is -0.496 e. The molecule has 2 fully saturated rings. The van der Waals surface area contributed by atoms with Gasteiger partial charge in [-0.1, -0.05) is 31.0 Å². The lowest BCUT2D eigenvalue weighted by Gasteiger charge is -2.28. The van der Waals surface area contributed by atoms with Crippen molar-refractivity contribution in [1.29, 1.82) is 0 Å². The number of benzene rings is 1. The van der Waals surface area contributed by atoms with Gasteiger partial charge in [0.05, 0.1) is 7.11 Å². The summed E-state index contributed by atoms with van der Waals surface area (Å²) >= 11 is 0. The molecule has 5 nitrogen and oxygen atoms in total. The maximum Gasteiger partial charge on any atom is 0.223 e. The van der Waals surface area contributed by atoms with Crippen LogP contribution in [0.15, 0.2) is 24.3 Å². The average Bonchev–Trinajstić information content (AvgIpc) is 3.21. The second-order valence-electron chi connectivity index (χ2n) is 7.89. The fraction of sp³-hybridized carbons (Fsp3) is 0.636. The van der Waals surface area contributed by atoms with E-state index >= 15 is 0 Å². The lowest BCUT2D eigenvalue weighted by atomic mass is 9.81. The lowest BCUT2D eigenvalue weighted by Crippen LogP contribution is -2.40. The highest BCUT2D eigenvalue weighted by Gasteiger charge is 2.31. The van der Waals surface area contributed by atoms with E-state index in [0.717, 1.165) is 56.3 Å². The smallest absolute Gasteiger partial charge is 0.223 e. The van der Waals surface area contributed by atoms with Crippen molar-refractivity contribution >= 4 is 11.8 Å². The number of rotatable bonds is 7. The molecular formula is C22H32N2O3. The summed E-state index contributed by atoms with van der Waals surface area (Å²) in [4.78, 5) is 24.9. The minimum absolute atomic E-state index is 0.0400. The molecule has 0 heterocycles. The van der Waals surface area contributed by atoms with Crippen molar-refractivity contribution in [2.24, 2.45) is 11.8 Å². The standard InChI is InChI=1S/C22H32N2O3/c1-27-20-9-5-2-6-16(20)14-15-23-21(25)17-10-12-18(13-11-17)22(26)24-19-7-3-4-8-19/h2,5-6,9,17-19H,3-4,7-8,10-15H2,1H3,(H,23,25)(H,24,26). The molecule has 0 aromatic heterocycles. The Morgan fingerprint density at radius 3 is 2.26 bits per heavy atom. The molecule has 148 valence electrons. The first-order valence-electron chi connectivity index (χ1n) is 10.4. The number of methoxy groups -OCH3 is 1. The van der Waals surface area contributed by atoms with E-state index in [9.17, 15) is 9.59 Å². The Hall–Kier alpha value is -2.04. The Morgan fingerprint density at radius 2 is 1.59 bits per heavy atom. The van der Waals surface area contributed by atoms with Crippen LogP contribution in [0.2, 0.25) is 0 Å². The topological polar surface area (TPSA) is 67.4 Å². The third-order valence-corrected chi connectivity index (χ3v) is 6.06. The number of ether oxygens (including phenoxy) is 1. The van der Waals surface area contributed by atoms with Gasteiger partial charge in [-0.25, -0.2) is 0 Å². The molecule has 0 aliphatic heterocycles. The van der Waals surface area contributed by atoms with E-state index in [1.54, 1.807) is 7.11 Å². The van der Waals surface area contributed by atoms with Gasteiger partial charge >= 0.3 is 0 Å². The van der Waals surface area contributed by atoms with E-state index in [1.807, 2.05) is 24.3 Å². The number of nitrogens with one attached hydrogen (secondary N) is 2. The molecule has 2 N–H and O–H groups in total. The monoisotopic (exact) mass is 372 g/mol. The van der Waals surface area contributed by atoms with Crippen LogP contribution >= 0.6 is 0 Å². The highest BCUT2D eigenvalue weighted by atomic mass is 16.5. The number of carbonyl (C=O) groups excluding carboxylic acids is 2. The molecule has 0 bridgehead atoms. The second-order valence-corrected chi connectivity index (χ2v) is 7.89. The Balaban J connectivity index is 1.37. The van der Waals surface area contributed by atoms with Crippen LogP contribution in [0.5, 0.6) is 5.75 Å². The van der Waals surface area contributed by atoms with Crippen LogP contribution in [0, 0.1) is 11.8 Å². The van der Waals surface area contributed by atoms with E-state index in [4.69, 9.17) is 4.74 Å². The molecule has 0 spiro atoms. The van der Waals surface area contributed by atoms with Crippen molar-refractivity contribution in [2.75, 3.05) is 13.7 Å². The molecule has 0 saturated heterocycles. The van der Waals surface area contributed by atoms with E-state index in [0.29, 0.717) is 12.6 Å². The lowest BCUT2D eigenvalue weighted by molar-refractivity contribution is -0.130.